The molecular formula is C3H4N2O4S. The van der Waals surface area contributed by atoms with Crippen molar-refractivity contribution in [2.24, 2.45) is 11.5 Å². The largest absolute Gasteiger partial charge is 0.365 e. The Morgan fingerprint density at radius 1 is 1.00 bits per heavy atom. The van der Waals surface area contributed by atoms with Crippen molar-refractivity contribution in [3.63, 3.8) is 0 Å². The molecule has 0 saturated heterocycles. The predicted octanol–water partition coefficient (Wildman–Crippen LogP) is -2.99. The first-order valence-electron chi connectivity index (χ1n) is 2.02. The van der Waals surface area contributed by atoms with Crippen LogP contribution in [-0.2, 0) is 19.9 Å². The van der Waals surface area contributed by atoms with Crippen LogP contribution < -0.4 is 11.5 Å². The number of hydrogen-bond donors (Lipinski definition) is 2. The summed E-state index contributed by atoms with van der Waals surface area (Å²) < 4.78 is 19.9. The van der Waals surface area contributed by atoms with Crippen molar-refractivity contribution < 1.29 is 18.0 Å². The van der Waals surface area contributed by atoms with Crippen LogP contribution in [0.1, 0.15) is 0 Å². The summed E-state index contributed by atoms with van der Waals surface area (Å²) in [5.41, 5.74) is 8.94. The molecule has 0 radical (unpaired) electrons. The Kier molecular flexibility index (Phi) is 2.56. The molecule has 10 heavy (non-hydrogen) atoms. The Balaban J connectivity index is 5.22. The van der Waals surface area contributed by atoms with E-state index in [-0.39, 0.29) is 0 Å². The minimum atomic E-state index is -2.95. The van der Waals surface area contributed by atoms with Crippen molar-refractivity contribution in [2.45, 2.75) is 0 Å². The molecule has 0 aromatic carbocycles. The molecule has 0 aliphatic carbocycles. The third-order valence-corrected chi connectivity index (χ3v) is 1.35. The first-order valence-corrected chi connectivity index (χ1v) is 3.10. The Bertz CT molecular complexity index is 276. The highest BCUT2D eigenvalue weighted by molar-refractivity contribution is 7.76. The van der Waals surface area contributed by atoms with E-state index in [0.29, 0.717) is 0 Å². The van der Waals surface area contributed by atoms with E-state index in [1.54, 1.807) is 0 Å². The summed E-state index contributed by atoms with van der Waals surface area (Å²) in [6.07, 6.45) is 0. The number of rotatable bonds is 2. The molecule has 6 nitrogen and oxygen atoms in total. The molecule has 0 fully saturated rings. The molecule has 0 unspecified atom stereocenters. The average molecular weight is 164 g/mol. The van der Waals surface area contributed by atoms with Gasteiger partial charge in [-0.25, -0.2) is 0 Å². The first kappa shape index (κ1) is 8.63. The number of primary amides is 2. The molecule has 0 rings (SSSR count). The Morgan fingerprint density at radius 3 is 1.30 bits per heavy atom. The van der Waals surface area contributed by atoms with Gasteiger partial charge in [0.25, 0.3) is 11.8 Å². The summed E-state index contributed by atoms with van der Waals surface area (Å²) >= 11 is 0. The molecule has 0 heterocycles. The van der Waals surface area contributed by atoms with Gasteiger partial charge in [0.15, 0.2) is 0 Å². The van der Waals surface area contributed by atoms with Crippen LogP contribution in [0.25, 0.3) is 0 Å². The van der Waals surface area contributed by atoms with Crippen LogP contribution in [0.2, 0.25) is 0 Å². The predicted molar refractivity (Wildman–Crippen MR) is 32.3 cm³/mol. The van der Waals surface area contributed by atoms with Crippen molar-refractivity contribution in [2.75, 3.05) is 0 Å². The van der Waals surface area contributed by atoms with Crippen LogP contribution in [-0.4, -0.2) is 25.1 Å². The lowest BCUT2D eigenvalue weighted by atomic mass is 10.4. The van der Waals surface area contributed by atoms with E-state index in [1.807, 2.05) is 0 Å². The van der Waals surface area contributed by atoms with Crippen molar-refractivity contribution in [3.05, 3.63) is 0 Å². The highest BCUT2D eigenvalue weighted by Gasteiger charge is 2.15. The smallest absolute Gasteiger partial charge is 0.270 e. The van der Waals surface area contributed by atoms with Gasteiger partial charge in [0, 0.05) is 0 Å². The molecule has 0 spiro atoms. The highest BCUT2D eigenvalue weighted by Crippen LogP contribution is 1.68. The standard InChI is InChI=1S/C3H4N2O4S/c4-2(6)1(3(5)7)10(8)9/h(H2,4,6)(H2,5,7). The molecule has 0 aromatic heterocycles. The minimum absolute atomic E-state index is 1.11. The number of nitrogens with two attached hydrogens (primary N) is 2. The summed E-state index contributed by atoms with van der Waals surface area (Å²) in [6.45, 7) is 0. The zero-order valence-corrected chi connectivity index (χ0v) is 5.51. The lowest BCUT2D eigenvalue weighted by Crippen LogP contribution is -2.36. The van der Waals surface area contributed by atoms with E-state index in [4.69, 9.17) is 0 Å². The lowest BCUT2D eigenvalue weighted by molar-refractivity contribution is -0.115. The van der Waals surface area contributed by atoms with E-state index in [1.165, 1.54) is 0 Å². The first-order chi connectivity index (χ1) is 4.46. The fourth-order valence-corrected chi connectivity index (χ4v) is 0.614. The van der Waals surface area contributed by atoms with Crippen LogP contribution in [0.15, 0.2) is 0 Å². The molecule has 0 atom stereocenters. The van der Waals surface area contributed by atoms with E-state index >= 15 is 0 Å². The highest BCUT2D eigenvalue weighted by atomic mass is 32.2. The second-order valence-electron chi connectivity index (χ2n) is 1.29. The van der Waals surface area contributed by atoms with Crippen molar-refractivity contribution in [1.29, 1.82) is 0 Å². The molecule has 0 aliphatic heterocycles. The fraction of sp³-hybridized carbons (Fsp3) is 0. The quantitative estimate of drug-likeness (QED) is 0.334. The molecule has 0 aliphatic rings. The van der Waals surface area contributed by atoms with Crippen LogP contribution in [0.3, 0.4) is 0 Å². The summed E-state index contributed by atoms with van der Waals surface area (Å²) in [6, 6.07) is 0. The van der Waals surface area contributed by atoms with Crippen molar-refractivity contribution >= 4 is 27.0 Å². The van der Waals surface area contributed by atoms with Gasteiger partial charge in [0.1, 0.15) is 0 Å². The molecule has 7 heteroatoms. The number of hydrogen-bond acceptors (Lipinski definition) is 4. The second kappa shape index (κ2) is 2.97. The van der Waals surface area contributed by atoms with Gasteiger partial charge in [0.2, 0.25) is 15.2 Å². The van der Waals surface area contributed by atoms with Gasteiger partial charge < -0.3 is 11.5 Å². The van der Waals surface area contributed by atoms with Gasteiger partial charge in [0.05, 0.1) is 0 Å². The van der Waals surface area contributed by atoms with Crippen molar-refractivity contribution in [3.8, 4) is 0 Å². The third kappa shape index (κ3) is 1.86. The molecule has 0 aromatic rings. The van der Waals surface area contributed by atoms with E-state index in [2.05, 4.69) is 11.5 Å². The summed E-state index contributed by atoms with van der Waals surface area (Å²) in [7, 11) is -2.95. The summed E-state index contributed by atoms with van der Waals surface area (Å²) in [5.74, 6) is -2.69. The summed E-state index contributed by atoms with van der Waals surface area (Å²) in [5, 5.41) is 0. The van der Waals surface area contributed by atoms with Gasteiger partial charge in [-0.2, -0.15) is 8.42 Å². The maximum atomic E-state index is 10.1. The number of amides is 2. The van der Waals surface area contributed by atoms with Crippen LogP contribution in [0, 0.1) is 0 Å². The third-order valence-electron chi connectivity index (χ3n) is 0.614. The monoisotopic (exact) mass is 164 g/mol. The topological polar surface area (TPSA) is 120 Å². The molecule has 56 valence electrons. The maximum Gasteiger partial charge on any atom is 0.270 e. The van der Waals surface area contributed by atoms with Crippen LogP contribution in [0.5, 0.6) is 0 Å². The Hall–Kier alpha value is -1.37. The molecule has 0 bridgehead atoms. The minimum Gasteiger partial charge on any atom is -0.365 e. The lowest BCUT2D eigenvalue weighted by Gasteiger charge is -1.86. The normalized spacial score (nSPS) is 8.40. The van der Waals surface area contributed by atoms with E-state index in [0.717, 1.165) is 0 Å². The van der Waals surface area contributed by atoms with Gasteiger partial charge in [-0.15, -0.1) is 0 Å². The molecule has 0 saturated carbocycles. The molecular weight excluding hydrogens is 160 g/mol. The van der Waals surface area contributed by atoms with E-state index < -0.39 is 27.0 Å². The van der Waals surface area contributed by atoms with Gasteiger partial charge in [-0.05, 0) is 0 Å². The van der Waals surface area contributed by atoms with Crippen LogP contribution in [0.4, 0.5) is 0 Å². The fourth-order valence-electron chi connectivity index (χ4n) is 0.286. The maximum absolute atomic E-state index is 10.1. The van der Waals surface area contributed by atoms with E-state index in [9.17, 15) is 18.0 Å². The number of carbonyl (C=O) groups excluding carboxylic acids is 2. The zero-order valence-electron chi connectivity index (χ0n) is 4.70. The van der Waals surface area contributed by atoms with Gasteiger partial charge >= 0.3 is 0 Å². The second-order valence-corrected chi connectivity index (χ2v) is 2.17. The Labute approximate surface area is 57.3 Å². The van der Waals surface area contributed by atoms with Gasteiger partial charge in [-0.1, -0.05) is 0 Å². The molecule has 2 amide bonds. The Morgan fingerprint density at radius 2 is 1.30 bits per heavy atom. The van der Waals surface area contributed by atoms with Crippen LogP contribution >= 0.6 is 0 Å². The number of carbonyl (C=O) groups is 2. The average Bonchev–Trinajstić information content (AvgIpc) is 1.59. The summed E-state index contributed by atoms with van der Waals surface area (Å²) in [4.78, 5) is 19.0. The van der Waals surface area contributed by atoms with Crippen molar-refractivity contribution in [1.82, 2.24) is 0 Å². The molecule has 4 N–H and O–H groups in total. The van der Waals surface area contributed by atoms with Gasteiger partial charge in [-0.3, -0.25) is 9.59 Å². The SMILES string of the molecule is NC(=O)C(C(N)=O)=S(=O)=O. The zero-order chi connectivity index (χ0) is 8.31.